The van der Waals surface area contributed by atoms with Crippen LogP contribution in [0.5, 0.6) is 0 Å². The van der Waals surface area contributed by atoms with Crippen LogP contribution in [0.15, 0.2) is 17.1 Å². The molecule has 2 heterocycles. The molecule has 23 heavy (non-hydrogen) atoms. The van der Waals surface area contributed by atoms with Gasteiger partial charge in [0.2, 0.25) is 0 Å². The molecule has 0 saturated carbocycles. The highest BCUT2D eigenvalue weighted by Crippen LogP contribution is 2.23. The van der Waals surface area contributed by atoms with Crippen molar-refractivity contribution in [3.05, 3.63) is 37.5 Å². The number of thiazole rings is 1. The molecule has 2 rings (SSSR count). The van der Waals surface area contributed by atoms with Crippen LogP contribution in [0, 0.1) is 13.8 Å². The lowest BCUT2D eigenvalue weighted by Crippen LogP contribution is -2.36. The van der Waals surface area contributed by atoms with Crippen molar-refractivity contribution in [3.63, 3.8) is 0 Å². The number of aryl methyl sites for hydroxylation is 2. The lowest BCUT2D eigenvalue weighted by atomic mass is 10.1. The Bertz CT molecular complexity index is 646. The number of guanidine groups is 1. The summed E-state index contributed by atoms with van der Waals surface area (Å²) in [5, 5.41) is 7.78. The van der Waals surface area contributed by atoms with E-state index in [1.807, 2.05) is 11.3 Å². The second-order valence-electron chi connectivity index (χ2n) is 5.50. The Labute approximate surface area is 163 Å². The molecule has 0 aliphatic carbocycles. The standard InChI is InChI=1S/C16H24N4S2.HI/c1-10(2)15-12(4)22-14(20-15)9-19-16(17-5)18-8-13-7-6-11(3)21-13;/h6-7,10H,8-9H2,1-5H3,(H2,17,18,19);1H. The highest BCUT2D eigenvalue weighted by Gasteiger charge is 2.11. The first-order valence-electron chi connectivity index (χ1n) is 7.45. The van der Waals surface area contributed by atoms with Gasteiger partial charge in [-0.3, -0.25) is 4.99 Å². The first-order valence-corrected chi connectivity index (χ1v) is 9.09. The van der Waals surface area contributed by atoms with E-state index in [0.717, 1.165) is 17.5 Å². The van der Waals surface area contributed by atoms with E-state index < -0.39 is 0 Å². The Morgan fingerprint density at radius 2 is 1.87 bits per heavy atom. The van der Waals surface area contributed by atoms with Crippen molar-refractivity contribution in [2.45, 2.75) is 46.7 Å². The van der Waals surface area contributed by atoms with Crippen LogP contribution < -0.4 is 10.6 Å². The molecule has 0 saturated heterocycles. The molecule has 128 valence electrons. The number of nitrogens with zero attached hydrogens (tertiary/aromatic N) is 2. The van der Waals surface area contributed by atoms with Crippen molar-refractivity contribution in [1.29, 1.82) is 0 Å². The molecule has 0 aromatic carbocycles. The van der Waals surface area contributed by atoms with Gasteiger partial charge in [0.25, 0.3) is 0 Å². The quantitative estimate of drug-likeness (QED) is 0.391. The summed E-state index contributed by atoms with van der Waals surface area (Å²) in [4.78, 5) is 12.9. The zero-order valence-electron chi connectivity index (χ0n) is 14.3. The van der Waals surface area contributed by atoms with E-state index >= 15 is 0 Å². The molecule has 0 radical (unpaired) electrons. The summed E-state index contributed by atoms with van der Waals surface area (Å²) in [6, 6.07) is 4.29. The van der Waals surface area contributed by atoms with Gasteiger partial charge in [0.15, 0.2) is 5.96 Å². The van der Waals surface area contributed by atoms with Gasteiger partial charge in [-0.05, 0) is 31.9 Å². The van der Waals surface area contributed by atoms with E-state index in [-0.39, 0.29) is 24.0 Å². The zero-order chi connectivity index (χ0) is 16.1. The van der Waals surface area contributed by atoms with Gasteiger partial charge < -0.3 is 10.6 Å². The predicted molar refractivity (Wildman–Crippen MR) is 112 cm³/mol. The average Bonchev–Trinajstić information content (AvgIpc) is 3.05. The van der Waals surface area contributed by atoms with Crippen LogP contribution in [0.2, 0.25) is 0 Å². The maximum atomic E-state index is 4.71. The highest BCUT2D eigenvalue weighted by atomic mass is 127. The molecule has 2 aromatic heterocycles. The molecule has 2 N–H and O–H groups in total. The van der Waals surface area contributed by atoms with E-state index in [0.29, 0.717) is 12.5 Å². The van der Waals surface area contributed by atoms with Crippen LogP contribution in [0.3, 0.4) is 0 Å². The number of aromatic nitrogens is 1. The minimum atomic E-state index is 0. The highest BCUT2D eigenvalue weighted by molar-refractivity contribution is 14.0. The molecule has 4 nitrogen and oxygen atoms in total. The second kappa shape index (κ2) is 9.58. The van der Waals surface area contributed by atoms with Gasteiger partial charge in [0.1, 0.15) is 5.01 Å². The van der Waals surface area contributed by atoms with Crippen molar-refractivity contribution in [2.75, 3.05) is 7.05 Å². The van der Waals surface area contributed by atoms with E-state index in [2.05, 4.69) is 55.5 Å². The van der Waals surface area contributed by atoms with Crippen molar-refractivity contribution in [1.82, 2.24) is 15.6 Å². The number of nitrogens with one attached hydrogen (secondary N) is 2. The van der Waals surface area contributed by atoms with Gasteiger partial charge in [0.05, 0.1) is 18.8 Å². The number of hydrogen-bond donors (Lipinski definition) is 2. The minimum absolute atomic E-state index is 0. The van der Waals surface area contributed by atoms with Gasteiger partial charge >= 0.3 is 0 Å². The molecule has 7 heteroatoms. The SMILES string of the molecule is CN=C(NCc1ccc(C)s1)NCc1nc(C(C)C)c(C)s1.I. The van der Waals surface area contributed by atoms with Crippen LogP contribution in [0.25, 0.3) is 0 Å². The van der Waals surface area contributed by atoms with Crippen LogP contribution in [-0.2, 0) is 13.1 Å². The normalized spacial score (nSPS) is 11.5. The minimum Gasteiger partial charge on any atom is -0.352 e. The first kappa shape index (κ1) is 20.4. The van der Waals surface area contributed by atoms with Gasteiger partial charge in [-0.15, -0.1) is 46.7 Å². The Morgan fingerprint density at radius 1 is 1.17 bits per heavy atom. The van der Waals surface area contributed by atoms with Crippen molar-refractivity contribution in [3.8, 4) is 0 Å². The van der Waals surface area contributed by atoms with Crippen LogP contribution >= 0.6 is 46.7 Å². The lowest BCUT2D eigenvalue weighted by molar-refractivity contribution is 0.785. The summed E-state index contributed by atoms with van der Waals surface area (Å²) in [5.41, 5.74) is 1.21. The topological polar surface area (TPSA) is 49.3 Å². The monoisotopic (exact) mass is 464 g/mol. The lowest BCUT2D eigenvalue weighted by Gasteiger charge is -2.09. The first-order chi connectivity index (χ1) is 10.5. The maximum absolute atomic E-state index is 4.71. The van der Waals surface area contributed by atoms with Crippen LogP contribution in [-0.4, -0.2) is 18.0 Å². The molecule has 0 unspecified atom stereocenters. The smallest absolute Gasteiger partial charge is 0.191 e. The van der Waals surface area contributed by atoms with Crippen molar-refractivity contribution < 1.29 is 0 Å². The summed E-state index contributed by atoms with van der Waals surface area (Å²) in [6.45, 7) is 10.1. The molecule has 0 bridgehead atoms. The third kappa shape index (κ3) is 6.04. The Kier molecular flexibility index (Phi) is 8.49. The molecule has 0 aliphatic heterocycles. The van der Waals surface area contributed by atoms with Crippen molar-refractivity contribution in [2.24, 2.45) is 4.99 Å². The Balaban J connectivity index is 0.00000264. The number of hydrogen-bond acceptors (Lipinski definition) is 4. The predicted octanol–water partition coefficient (Wildman–Crippen LogP) is 4.43. The van der Waals surface area contributed by atoms with Gasteiger partial charge in [-0.25, -0.2) is 4.98 Å². The zero-order valence-corrected chi connectivity index (χ0v) is 18.2. The van der Waals surface area contributed by atoms with Crippen LogP contribution in [0.4, 0.5) is 0 Å². The third-order valence-corrected chi connectivity index (χ3v) is 5.27. The van der Waals surface area contributed by atoms with Crippen LogP contribution in [0.1, 0.15) is 45.1 Å². The fourth-order valence-electron chi connectivity index (χ4n) is 2.21. The number of halogens is 1. The summed E-state index contributed by atoms with van der Waals surface area (Å²) < 4.78 is 0. The van der Waals surface area contributed by atoms with Gasteiger partial charge in [-0.2, -0.15) is 0 Å². The summed E-state index contributed by atoms with van der Waals surface area (Å²) >= 11 is 3.57. The molecule has 2 aromatic rings. The summed E-state index contributed by atoms with van der Waals surface area (Å²) in [5.74, 6) is 1.29. The molecule has 0 amide bonds. The Hall–Kier alpha value is -0.670. The molecule has 0 spiro atoms. The molecule has 0 fully saturated rings. The van der Waals surface area contributed by atoms with Gasteiger partial charge in [0, 0.05) is 21.7 Å². The molecule has 0 atom stereocenters. The van der Waals surface area contributed by atoms with E-state index in [9.17, 15) is 0 Å². The fraction of sp³-hybridized carbons (Fsp3) is 0.500. The largest absolute Gasteiger partial charge is 0.352 e. The van der Waals surface area contributed by atoms with E-state index in [1.54, 1.807) is 18.4 Å². The maximum Gasteiger partial charge on any atom is 0.191 e. The average molecular weight is 464 g/mol. The van der Waals surface area contributed by atoms with Crippen molar-refractivity contribution >= 4 is 52.6 Å². The number of aliphatic imine (C=N–C) groups is 1. The summed E-state index contributed by atoms with van der Waals surface area (Å²) in [6.07, 6.45) is 0. The molecular formula is C16H25IN4S2. The molecular weight excluding hydrogens is 439 g/mol. The Morgan fingerprint density at radius 3 is 2.39 bits per heavy atom. The molecule has 0 aliphatic rings. The van der Waals surface area contributed by atoms with E-state index in [4.69, 9.17) is 4.98 Å². The third-order valence-electron chi connectivity index (χ3n) is 3.28. The number of rotatable bonds is 5. The second-order valence-corrected chi connectivity index (χ2v) is 8.16. The fourth-order valence-corrected chi connectivity index (χ4v) is 4.06. The summed E-state index contributed by atoms with van der Waals surface area (Å²) in [7, 11) is 1.79. The van der Waals surface area contributed by atoms with E-state index in [1.165, 1.54) is 20.3 Å². The number of thiophene rings is 1. The van der Waals surface area contributed by atoms with Gasteiger partial charge in [-0.1, -0.05) is 13.8 Å².